The molecule has 0 radical (unpaired) electrons. The van der Waals surface area contributed by atoms with Crippen molar-refractivity contribution in [2.24, 2.45) is 0 Å². The molecule has 0 amide bonds. The number of alkyl halides is 1. The van der Waals surface area contributed by atoms with Crippen LogP contribution in [0.25, 0.3) is 0 Å². The standard InChI is InChI=1S/C12H21BrN2/c13-8-6-4-2-1-3-5-7-10-15-11-9-14-12-15/h9,11-12H,1-8,10H2. The molecule has 0 aliphatic heterocycles. The Balaban J connectivity index is 1.81. The van der Waals surface area contributed by atoms with Crippen molar-refractivity contribution in [3.05, 3.63) is 18.7 Å². The van der Waals surface area contributed by atoms with Crippen LogP contribution in [0.15, 0.2) is 18.7 Å². The fourth-order valence-corrected chi connectivity index (χ4v) is 2.09. The molecule has 2 nitrogen and oxygen atoms in total. The fraction of sp³-hybridized carbons (Fsp3) is 0.750. The molecule has 0 saturated heterocycles. The van der Waals surface area contributed by atoms with Crippen molar-refractivity contribution in [1.82, 2.24) is 9.55 Å². The lowest BCUT2D eigenvalue weighted by atomic mass is 10.1. The minimum atomic E-state index is 1.13. The third-order valence-corrected chi connectivity index (χ3v) is 3.17. The highest BCUT2D eigenvalue weighted by atomic mass is 79.9. The predicted molar refractivity (Wildman–Crippen MR) is 68.3 cm³/mol. The van der Waals surface area contributed by atoms with Gasteiger partial charge in [0.1, 0.15) is 0 Å². The first-order chi connectivity index (χ1) is 7.43. The second kappa shape index (κ2) is 8.96. The highest BCUT2D eigenvalue weighted by Crippen LogP contribution is 2.08. The molecule has 0 unspecified atom stereocenters. The number of aromatic nitrogens is 2. The van der Waals surface area contributed by atoms with Gasteiger partial charge >= 0.3 is 0 Å². The van der Waals surface area contributed by atoms with Crippen LogP contribution in [-0.2, 0) is 6.54 Å². The van der Waals surface area contributed by atoms with Crippen LogP contribution in [0.4, 0.5) is 0 Å². The molecule has 0 aromatic carbocycles. The number of hydrogen-bond acceptors (Lipinski definition) is 1. The molecule has 3 heteroatoms. The highest BCUT2D eigenvalue weighted by Gasteiger charge is 1.92. The summed E-state index contributed by atoms with van der Waals surface area (Å²) < 4.78 is 2.16. The largest absolute Gasteiger partial charge is 0.337 e. The van der Waals surface area contributed by atoms with E-state index in [9.17, 15) is 0 Å². The Bertz CT molecular complexity index is 222. The Kier molecular flexibility index (Phi) is 7.62. The molecule has 1 rings (SSSR count). The first-order valence-corrected chi connectivity index (χ1v) is 7.07. The molecule has 0 N–H and O–H groups in total. The van der Waals surface area contributed by atoms with Crippen molar-refractivity contribution >= 4 is 15.9 Å². The van der Waals surface area contributed by atoms with Gasteiger partial charge in [-0.2, -0.15) is 0 Å². The molecule has 1 aromatic rings. The average molecular weight is 273 g/mol. The lowest BCUT2D eigenvalue weighted by molar-refractivity contribution is 0.550. The first-order valence-electron chi connectivity index (χ1n) is 5.95. The van der Waals surface area contributed by atoms with Gasteiger partial charge in [0.25, 0.3) is 0 Å². The second-order valence-electron chi connectivity index (χ2n) is 3.96. The van der Waals surface area contributed by atoms with Crippen molar-refractivity contribution < 1.29 is 0 Å². The van der Waals surface area contributed by atoms with Crippen molar-refractivity contribution in [2.75, 3.05) is 5.33 Å². The summed E-state index contributed by atoms with van der Waals surface area (Å²) in [5.41, 5.74) is 0. The number of aryl methyl sites for hydroxylation is 1. The molecule has 86 valence electrons. The second-order valence-corrected chi connectivity index (χ2v) is 4.76. The molecule has 15 heavy (non-hydrogen) atoms. The zero-order chi connectivity index (χ0) is 10.8. The van der Waals surface area contributed by atoms with E-state index in [0.29, 0.717) is 0 Å². The van der Waals surface area contributed by atoms with Gasteiger partial charge in [-0.05, 0) is 12.8 Å². The molecule has 0 bridgehead atoms. The summed E-state index contributed by atoms with van der Waals surface area (Å²) in [6.07, 6.45) is 15.3. The summed E-state index contributed by atoms with van der Waals surface area (Å²) in [5.74, 6) is 0. The number of unbranched alkanes of at least 4 members (excludes halogenated alkanes) is 6. The zero-order valence-corrected chi connectivity index (χ0v) is 11.0. The Hall–Kier alpha value is -0.310. The minimum absolute atomic E-state index is 1.13. The minimum Gasteiger partial charge on any atom is -0.337 e. The van der Waals surface area contributed by atoms with Gasteiger partial charge in [-0.25, -0.2) is 4.98 Å². The predicted octanol–water partition coefficient (Wildman–Crippen LogP) is 4.01. The average Bonchev–Trinajstić information content (AvgIpc) is 2.75. The van der Waals surface area contributed by atoms with Gasteiger partial charge in [-0.15, -0.1) is 0 Å². The van der Waals surface area contributed by atoms with Crippen LogP contribution in [0, 0.1) is 0 Å². The lowest BCUT2D eigenvalue weighted by Gasteiger charge is -2.02. The van der Waals surface area contributed by atoms with E-state index in [1.807, 2.05) is 18.7 Å². The number of nitrogens with zero attached hydrogens (tertiary/aromatic N) is 2. The van der Waals surface area contributed by atoms with Gasteiger partial charge in [0, 0.05) is 24.3 Å². The first kappa shape index (κ1) is 12.8. The van der Waals surface area contributed by atoms with Crippen LogP contribution in [-0.4, -0.2) is 14.9 Å². The van der Waals surface area contributed by atoms with Gasteiger partial charge in [-0.3, -0.25) is 0 Å². The van der Waals surface area contributed by atoms with Gasteiger partial charge in [0.2, 0.25) is 0 Å². The van der Waals surface area contributed by atoms with E-state index in [-0.39, 0.29) is 0 Å². The molecule has 0 atom stereocenters. The van der Waals surface area contributed by atoms with Crippen LogP contribution in [0.1, 0.15) is 44.9 Å². The third-order valence-electron chi connectivity index (χ3n) is 2.61. The Morgan fingerprint density at radius 3 is 2.20 bits per heavy atom. The summed E-state index contributed by atoms with van der Waals surface area (Å²) >= 11 is 3.46. The van der Waals surface area contributed by atoms with Crippen molar-refractivity contribution in [2.45, 2.75) is 51.5 Å². The summed E-state index contributed by atoms with van der Waals surface area (Å²) in [6.45, 7) is 1.13. The molecule has 0 aliphatic rings. The normalized spacial score (nSPS) is 10.7. The van der Waals surface area contributed by atoms with E-state index in [1.54, 1.807) is 0 Å². The molecular formula is C12H21BrN2. The molecule has 0 spiro atoms. The monoisotopic (exact) mass is 272 g/mol. The van der Waals surface area contributed by atoms with Crippen LogP contribution in [0.3, 0.4) is 0 Å². The van der Waals surface area contributed by atoms with E-state index in [0.717, 1.165) is 11.9 Å². The van der Waals surface area contributed by atoms with E-state index < -0.39 is 0 Å². The van der Waals surface area contributed by atoms with Gasteiger partial charge in [0.15, 0.2) is 0 Å². The summed E-state index contributed by atoms with van der Waals surface area (Å²) in [5, 5.41) is 1.16. The van der Waals surface area contributed by atoms with Crippen molar-refractivity contribution in [3.8, 4) is 0 Å². The van der Waals surface area contributed by atoms with E-state index in [4.69, 9.17) is 0 Å². The summed E-state index contributed by atoms with van der Waals surface area (Å²) in [4.78, 5) is 4.03. The van der Waals surface area contributed by atoms with Crippen molar-refractivity contribution in [1.29, 1.82) is 0 Å². The van der Waals surface area contributed by atoms with Gasteiger partial charge in [0.05, 0.1) is 6.33 Å². The molecule has 0 saturated carbocycles. The van der Waals surface area contributed by atoms with Crippen LogP contribution < -0.4 is 0 Å². The summed E-state index contributed by atoms with van der Waals surface area (Å²) in [6, 6.07) is 0. The van der Waals surface area contributed by atoms with E-state index in [2.05, 4.69) is 25.5 Å². The SMILES string of the molecule is BrCCCCCCCCCn1ccnc1. The van der Waals surface area contributed by atoms with Gasteiger partial charge < -0.3 is 4.57 Å². The maximum Gasteiger partial charge on any atom is 0.0945 e. The smallest absolute Gasteiger partial charge is 0.0945 e. The number of hydrogen-bond donors (Lipinski definition) is 0. The Morgan fingerprint density at radius 2 is 1.60 bits per heavy atom. The zero-order valence-electron chi connectivity index (χ0n) is 9.37. The Labute approximate surface area is 101 Å². The van der Waals surface area contributed by atoms with Crippen LogP contribution >= 0.6 is 15.9 Å². The molecular weight excluding hydrogens is 252 g/mol. The summed E-state index contributed by atoms with van der Waals surface area (Å²) in [7, 11) is 0. The van der Waals surface area contributed by atoms with Crippen molar-refractivity contribution in [3.63, 3.8) is 0 Å². The number of imidazole rings is 1. The highest BCUT2D eigenvalue weighted by molar-refractivity contribution is 9.09. The molecule has 1 aromatic heterocycles. The molecule has 0 aliphatic carbocycles. The van der Waals surface area contributed by atoms with E-state index in [1.165, 1.54) is 44.9 Å². The topological polar surface area (TPSA) is 17.8 Å². The maximum atomic E-state index is 4.03. The van der Waals surface area contributed by atoms with Gasteiger partial charge in [-0.1, -0.05) is 48.0 Å². The number of halogens is 1. The molecule has 1 heterocycles. The van der Waals surface area contributed by atoms with E-state index >= 15 is 0 Å². The lowest BCUT2D eigenvalue weighted by Crippen LogP contribution is -1.93. The van der Waals surface area contributed by atoms with Crippen LogP contribution in [0.2, 0.25) is 0 Å². The molecule has 0 fully saturated rings. The fourth-order valence-electron chi connectivity index (χ4n) is 1.69. The third kappa shape index (κ3) is 6.72. The maximum absolute atomic E-state index is 4.03. The quantitative estimate of drug-likeness (QED) is 0.491. The number of rotatable bonds is 9. The Morgan fingerprint density at radius 1 is 0.933 bits per heavy atom. The van der Waals surface area contributed by atoms with Crippen LogP contribution in [0.5, 0.6) is 0 Å².